The molecule has 0 bridgehead atoms. The summed E-state index contributed by atoms with van der Waals surface area (Å²) in [5.74, 6) is 5.55. The monoisotopic (exact) mass is 262 g/mol. The standard InChI is InChI=1S/C12H14N4O3/c1-7-3-4-11(17)16(15-7)6-9-5-10(8(2)19-9)12(18)14-13/h3-5H,6,13H2,1-2H3,(H,14,18). The summed E-state index contributed by atoms with van der Waals surface area (Å²) < 4.78 is 6.70. The lowest BCUT2D eigenvalue weighted by atomic mass is 10.2. The highest BCUT2D eigenvalue weighted by atomic mass is 16.3. The number of furan rings is 1. The van der Waals surface area contributed by atoms with Crippen LogP contribution in [0, 0.1) is 13.8 Å². The van der Waals surface area contributed by atoms with Crippen LogP contribution < -0.4 is 16.8 Å². The number of hydrazine groups is 1. The summed E-state index contributed by atoms with van der Waals surface area (Å²) in [4.78, 5) is 23.1. The molecule has 0 saturated heterocycles. The van der Waals surface area contributed by atoms with E-state index in [1.165, 1.54) is 10.7 Å². The number of hydrogen-bond donors (Lipinski definition) is 2. The molecule has 0 aliphatic rings. The van der Waals surface area contributed by atoms with Crippen LogP contribution in [0.1, 0.15) is 27.6 Å². The predicted octanol–water partition coefficient (Wildman–Crippen LogP) is 0.105. The zero-order chi connectivity index (χ0) is 14.0. The number of aryl methyl sites for hydroxylation is 2. The Morgan fingerprint density at radius 1 is 1.47 bits per heavy atom. The molecule has 0 spiro atoms. The van der Waals surface area contributed by atoms with Crippen molar-refractivity contribution in [1.29, 1.82) is 0 Å². The van der Waals surface area contributed by atoms with Gasteiger partial charge in [-0.2, -0.15) is 5.10 Å². The van der Waals surface area contributed by atoms with E-state index in [0.717, 1.165) is 5.69 Å². The zero-order valence-electron chi connectivity index (χ0n) is 10.6. The maximum absolute atomic E-state index is 11.6. The van der Waals surface area contributed by atoms with Gasteiger partial charge in [0.25, 0.3) is 11.5 Å². The van der Waals surface area contributed by atoms with Gasteiger partial charge in [0, 0.05) is 6.07 Å². The van der Waals surface area contributed by atoms with E-state index in [2.05, 4.69) is 5.10 Å². The minimum atomic E-state index is -0.433. The molecule has 7 heteroatoms. The minimum absolute atomic E-state index is 0.166. The Morgan fingerprint density at radius 3 is 2.89 bits per heavy atom. The van der Waals surface area contributed by atoms with Crippen LogP contribution in [0.15, 0.2) is 27.4 Å². The lowest BCUT2D eigenvalue weighted by Gasteiger charge is -2.02. The van der Waals surface area contributed by atoms with E-state index in [1.807, 2.05) is 5.43 Å². The number of rotatable bonds is 3. The number of nitrogens with zero attached hydrogens (tertiary/aromatic N) is 2. The first kappa shape index (κ1) is 13.0. The number of carbonyl (C=O) groups excluding carboxylic acids is 1. The van der Waals surface area contributed by atoms with Crippen LogP contribution in [0.25, 0.3) is 0 Å². The van der Waals surface area contributed by atoms with Crippen LogP contribution in [0.3, 0.4) is 0 Å². The molecule has 19 heavy (non-hydrogen) atoms. The number of aromatic nitrogens is 2. The summed E-state index contributed by atoms with van der Waals surface area (Å²) in [5, 5.41) is 4.09. The summed E-state index contributed by atoms with van der Waals surface area (Å²) in [6, 6.07) is 4.62. The highest BCUT2D eigenvalue weighted by molar-refractivity contribution is 5.94. The maximum Gasteiger partial charge on any atom is 0.268 e. The van der Waals surface area contributed by atoms with Crippen molar-refractivity contribution < 1.29 is 9.21 Å². The summed E-state index contributed by atoms with van der Waals surface area (Å²) in [7, 11) is 0. The maximum atomic E-state index is 11.6. The molecule has 2 heterocycles. The highest BCUT2D eigenvalue weighted by Gasteiger charge is 2.14. The van der Waals surface area contributed by atoms with Crippen LogP contribution in [0.2, 0.25) is 0 Å². The molecule has 2 aromatic rings. The van der Waals surface area contributed by atoms with Gasteiger partial charge in [-0.25, -0.2) is 10.5 Å². The minimum Gasteiger partial charge on any atom is -0.464 e. The third-order valence-corrected chi connectivity index (χ3v) is 2.65. The van der Waals surface area contributed by atoms with Crippen LogP contribution in [-0.2, 0) is 6.54 Å². The second-order valence-electron chi connectivity index (χ2n) is 4.13. The highest BCUT2D eigenvalue weighted by Crippen LogP contribution is 2.14. The average molecular weight is 262 g/mol. The summed E-state index contributed by atoms with van der Waals surface area (Å²) in [6.45, 7) is 3.61. The van der Waals surface area contributed by atoms with Crippen molar-refractivity contribution in [3.05, 3.63) is 51.3 Å². The molecule has 0 aromatic carbocycles. The molecule has 0 fully saturated rings. The van der Waals surface area contributed by atoms with Crippen molar-refractivity contribution in [1.82, 2.24) is 15.2 Å². The van der Waals surface area contributed by atoms with Gasteiger partial charge in [0.1, 0.15) is 18.1 Å². The number of amides is 1. The third-order valence-electron chi connectivity index (χ3n) is 2.65. The fourth-order valence-electron chi connectivity index (χ4n) is 1.74. The molecule has 0 saturated carbocycles. The second kappa shape index (κ2) is 5.07. The fourth-order valence-corrected chi connectivity index (χ4v) is 1.74. The van der Waals surface area contributed by atoms with Gasteiger partial charge < -0.3 is 4.42 Å². The van der Waals surface area contributed by atoms with Gasteiger partial charge in [0.15, 0.2) is 0 Å². The molecule has 0 atom stereocenters. The molecular formula is C12H14N4O3. The first-order chi connectivity index (χ1) is 9.01. The molecule has 0 aliphatic carbocycles. The van der Waals surface area contributed by atoms with Crippen molar-refractivity contribution in [2.75, 3.05) is 0 Å². The first-order valence-corrected chi connectivity index (χ1v) is 5.66. The van der Waals surface area contributed by atoms with E-state index in [4.69, 9.17) is 10.3 Å². The predicted molar refractivity (Wildman–Crippen MR) is 67.4 cm³/mol. The van der Waals surface area contributed by atoms with Gasteiger partial charge in [0.2, 0.25) is 0 Å². The number of hydrogen-bond acceptors (Lipinski definition) is 5. The van der Waals surface area contributed by atoms with Crippen molar-refractivity contribution in [3.63, 3.8) is 0 Å². The van der Waals surface area contributed by atoms with E-state index < -0.39 is 5.91 Å². The van der Waals surface area contributed by atoms with E-state index >= 15 is 0 Å². The molecule has 2 rings (SSSR count). The molecular weight excluding hydrogens is 248 g/mol. The Hall–Kier alpha value is -2.41. The topological polar surface area (TPSA) is 103 Å². The molecule has 7 nitrogen and oxygen atoms in total. The normalized spacial score (nSPS) is 10.5. The third kappa shape index (κ3) is 2.71. The van der Waals surface area contributed by atoms with Crippen LogP contribution in [0.4, 0.5) is 0 Å². The van der Waals surface area contributed by atoms with E-state index in [-0.39, 0.29) is 12.1 Å². The van der Waals surface area contributed by atoms with Crippen LogP contribution >= 0.6 is 0 Å². The Morgan fingerprint density at radius 2 is 2.21 bits per heavy atom. The summed E-state index contributed by atoms with van der Waals surface area (Å²) in [6.07, 6.45) is 0. The second-order valence-corrected chi connectivity index (χ2v) is 4.13. The number of nitrogens with one attached hydrogen (secondary N) is 1. The van der Waals surface area contributed by atoms with Crippen molar-refractivity contribution in [3.8, 4) is 0 Å². The summed E-state index contributed by atoms with van der Waals surface area (Å²) in [5.41, 5.74) is 2.88. The van der Waals surface area contributed by atoms with Gasteiger partial charge in [-0.3, -0.25) is 15.0 Å². The van der Waals surface area contributed by atoms with Crippen molar-refractivity contribution >= 4 is 5.91 Å². The van der Waals surface area contributed by atoms with Gasteiger partial charge in [-0.1, -0.05) is 0 Å². The number of nitrogens with two attached hydrogens (primary N) is 1. The van der Waals surface area contributed by atoms with E-state index in [1.54, 1.807) is 26.0 Å². The SMILES string of the molecule is Cc1ccc(=O)n(Cc2cc(C(=O)NN)c(C)o2)n1. The van der Waals surface area contributed by atoms with E-state index in [9.17, 15) is 9.59 Å². The van der Waals surface area contributed by atoms with Crippen LogP contribution in [-0.4, -0.2) is 15.7 Å². The Labute approximate surface area is 109 Å². The quantitative estimate of drug-likeness (QED) is 0.464. The smallest absolute Gasteiger partial charge is 0.268 e. The number of carbonyl (C=O) groups is 1. The first-order valence-electron chi connectivity index (χ1n) is 5.66. The van der Waals surface area contributed by atoms with Gasteiger partial charge >= 0.3 is 0 Å². The Kier molecular flexibility index (Phi) is 3.48. The molecule has 2 aromatic heterocycles. The van der Waals surface area contributed by atoms with Crippen molar-refractivity contribution in [2.45, 2.75) is 20.4 Å². The Balaban J connectivity index is 2.32. The largest absolute Gasteiger partial charge is 0.464 e. The summed E-state index contributed by atoms with van der Waals surface area (Å²) >= 11 is 0. The Bertz CT molecular complexity index is 672. The average Bonchev–Trinajstić information content (AvgIpc) is 2.74. The van der Waals surface area contributed by atoms with Gasteiger partial charge in [-0.15, -0.1) is 0 Å². The van der Waals surface area contributed by atoms with Crippen molar-refractivity contribution in [2.24, 2.45) is 5.84 Å². The van der Waals surface area contributed by atoms with E-state index in [0.29, 0.717) is 17.1 Å². The number of nitrogen functional groups attached to an aromatic ring is 1. The zero-order valence-corrected chi connectivity index (χ0v) is 10.6. The lowest BCUT2D eigenvalue weighted by Crippen LogP contribution is -2.30. The molecule has 3 N–H and O–H groups in total. The van der Waals surface area contributed by atoms with Gasteiger partial charge in [0.05, 0.1) is 11.3 Å². The van der Waals surface area contributed by atoms with Gasteiger partial charge in [-0.05, 0) is 26.0 Å². The molecule has 0 unspecified atom stereocenters. The fraction of sp³-hybridized carbons (Fsp3) is 0.250. The molecule has 0 aliphatic heterocycles. The molecule has 0 radical (unpaired) electrons. The molecule has 1 amide bonds. The van der Waals surface area contributed by atoms with Crippen LogP contribution in [0.5, 0.6) is 0 Å². The lowest BCUT2D eigenvalue weighted by molar-refractivity contribution is 0.0952. The molecule has 100 valence electrons.